The molecule has 0 unspecified atom stereocenters. The lowest BCUT2D eigenvalue weighted by Crippen LogP contribution is -1.84. The van der Waals surface area contributed by atoms with Gasteiger partial charge in [0.05, 0.1) is 0 Å². The summed E-state index contributed by atoms with van der Waals surface area (Å²) < 4.78 is 0. The average Bonchev–Trinajstić information content (AvgIpc) is 2.71. The van der Waals surface area contributed by atoms with Crippen LogP contribution in [-0.2, 0) is 6.42 Å². The highest BCUT2D eigenvalue weighted by Gasteiger charge is 2.01. The van der Waals surface area contributed by atoms with Crippen LogP contribution in [-0.4, -0.2) is 20.6 Å². The van der Waals surface area contributed by atoms with Gasteiger partial charge in [0.1, 0.15) is 0 Å². The maximum atomic E-state index is 3.83. The van der Waals surface area contributed by atoms with Gasteiger partial charge in [0, 0.05) is 5.56 Å². The van der Waals surface area contributed by atoms with Crippen LogP contribution in [0, 0.1) is 6.07 Å². The molecule has 1 aromatic heterocycles. The van der Waals surface area contributed by atoms with Crippen LogP contribution in [0.15, 0.2) is 18.2 Å². The number of tetrazole rings is 1. The van der Waals surface area contributed by atoms with E-state index in [9.17, 15) is 0 Å². The number of benzene rings is 1. The van der Waals surface area contributed by atoms with Gasteiger partial charge in [-0.25, -0.2) is 5.10 Å². The van der Waals surface area contributed by atoms with Crippen molar-refractivity contribution in [3.8, 4) is 11.4 Å². The Kier molecular flexibility index (Phi) is 2.04. The lowest BCUT2D eigenvalue weighted by atomic mass is 10.1. The fourth-order valence-electron chi connectivity index (χ4n) is 1.15. The number of nitrogens with zero attached hydrogens (tertiary/aromatic N) is 3. The largest absolute Gasteiger partial charge is 0.239 e. The normalized spacial score (nSPS) is 10.2. The van der Waals surface area contributed by atoms with Gasteiger partial charge in [-0.2, -0.15) is 0 Å². The topological polar surface area (TPSA) is 54.5 Å². The van der Waals surface area contributed by atoms with Gasteiger partial charge in [0.15, 0.2) is 5.82 Å². The van der Waals surface area contributed by atoms with Gasteiger partial charge in [0.2, 0.25) is 0 Å². The molecular formula is C9H9N4. The molecule has 0 saturated heterocycles. The molecule has 0 aliphatic heterocycles. The lowest BCUT2D eigenvalue weighted by Gasteiger charge is -1.97. The quantitative estimate of drug-likeness (QED) is 0.743. The predicted octanol–water partition coefficient (Wildman–Crippen LogP) is 1.23. The van der Waals surface area contributed by atoms with E-state index in [1.165, 1.54) is 0 Å². The number of aromatic amines is 1. The molecule has 0 aliphatic rings. The minimum absolute atomic E-state index is 0.698. The van der Waals surface area contributed by atoms with E-state index < -0.39 is 0 Å². The van der Waals surface area contributed by atoms with Gasteiger partial charge in [-0.3, -0.25) is 0 Å². The zero-order valence-corrected chi connectivity index (χ0v) is 7.28. The Hall–Kier alpha value is -1.71. The maximum Gasteiger partial charge on any atom is 0.179 e. The number of hydrogen-bond donors (Lipinski definition) is 1. The summed E-state index contributed by atoms with van der Waals surface area (Å²) in [5, 5.41) is 13.6. The highest BCUT2D eigenvalue weighted by Crippen LogP contribution is 2.14. The fourth-order valence-corrected chi connectivity index (χ4v) is 1.15. The first kappa shape index (κ1) is 7.91. The summed E-state index contributed by atoms with van der Waals surface area (Å²) >= 11 is 0. The van der Waals surface area contributed by atoms with Crippen molar-refractivity contribution in [1.29, 1.82) is 0 Å². The summed E-state index contributed by atoms with van der Waals surface area (Å²) in [6, 6.07) is 8.99. The Morgan fingerprint density at radius 3 is 3.15 bits per heavy atom. The van der Waals surface area contributed by atoms with Crippen LogP contribution in [0.5, 0.6) is 0 Å². The second-order valence-electron chi connectivity index (χ2n) is 2.71. The van der Waals surface area contributed by atoms with Crippen molar-refractivity contribution >= 4 is 0 Å². The first-order chi connectivity index (χ1) is 6.40. The molecule has 0 spiro atoms. The minimum atomic E-state index is 0.698. The van der Waals surface area contributed by atoms with Crippen LogP contribution in [0.2, 0.25) is 0 Å². The van der Waals surface area contributed by atoms with Crippen LogP contribution < -0.4 is 0 Å². The Bertz CT molecular complexity index is 380. The smallest absolute Gasteiger partial charge is 0.179 e. The number of nitrogens with one attached hydrogen (secondary N) is 1. The molecule has 0 fully saturated rings. The molecule has 1 radical (unpaired) electrons. The van der Waals surface area contributed by atoms with Gasteiger partial charge in [-0.15, -0.1) is 5.10 Å². The van der Waals surface area contributed by atoms with Gasteiger partial charge >= 0.3 is 0 Å². The molecule has 65 valence electrons. The average molecular weight is 173 g/mol. The number of hydrogen-bond acceptors (Lipinski definition) is 3. The molecule has 4 heteroatoms. The second kappa shape index (κ2) is 3.35. The van der Waals surface area contributed by atoms with Gasteiger partial charge < -0.3 is 0 Å². The first-order valence-corrected chi connectivity index (χ1v) is 4.15. The van der Waals surface area contributed by atoms with Crippen molar-refractivity contribution in [2.45, 2.75) is 13.3 Å². The number of H-pyrrole nitrogens is 1. The molecule has 0 saturated carbocycles. The molecular weight excluding hydrogens is 164 g/mol. The van der Waals surface area contributed by atoms with Crippen LogP contribution in [0.25, 0.3) is 11.4 Å². The maximum absolute atomic E-state index is 3.83. The molecule has 2 aromatic rings. The third kappa shape index (κ3) is 1.56. The third-order valence-electron chi connectivity index (χ3n) is 1.86. The van der Waals surface area contributed by atoms with Crippen LogP contribution >= 0.6 is 0 Å². The van der Waals surface area contributed by atoms with E-state index >= 15 is 0 Å². The van der Waals surface area contributed by atoms with Crippen LogP contribution in [0.4, 0.5) is 0 Å². The van der Waals surface area contributed by atoms with Crippen molar-refractivity contribution in [3.63, 3.8) is 0 Å². The highest BCUT2D eigenvalue weighted by molar-refractivity contribution is 5.54. The Labute approximate surface area is 76.0 Å². The van der Waals surface area contributed by atoms with Gasteiger partial charge in [-0.05, 0) is 34.5 Å². The highest BCUT2D eigenvalue weighted by atomic mass is 15.5. The van der Waals surface area contributed by atoms with E-state index in [-0.39, 0.29) is 0 Å². The summed E-state index contributed by atoms with van der Waals surface area (Å²) in [5.41, 5.74) is 2.16. The van der Waals surface area contributed by atoms with E-state index in [1.807, 2.05) is 18.2 Å². The van der Waals surface area contributed by atoms with Crippen molar-refractivity contribution in [1.82, 2.24) is 20.6 Å². The van der Waals surface area contributed by atoms with Crippen molar-refractivity contribution in [2.75, 3.05) is 0 Å². The zero-order chi connectivity index (χ0) is 9.10. The SMILES string of the molecule is CCc1[c]ccc(-c2nnn[nH]2)c1. The molecule has 0 amide bonds. The molecule has 0 aliphatic carbocycles. The predicted molar refractivity (Wildman–Crippen MR) is 47.8 cm³/mol. The zero-order valence-electron chi connectivity index (χ0n) is 7.28. The molecule has 1 N–H and O–H groups in total. The molecule has 0 atom stereocenters. The van der Waals surface area contributed by atoms with E-state index in [2.05, 4.69) is 33.6 Å². The molecule has 1 aromatic carbocycles. The van der Waals surface area contributed by atoms with E-state index in [0.717, 1.165) is 17.5 Å². The Morgan fingerprint density at radius 2 is 2.46 bits per heavy atom. The second-order valence-corrected chi connectivity index (χ2v) is 2.71. The minimum Gasteiger partial charge on any atom is -0.239 e. The summed E-state index contributed by atoms with van der Waals surface area (Å²) in [4.78, 5) is 0. The Balaban J connectivity index is 2.41. The van der Waals surface area contributed by atoms with Crippen molar-refractivity contribution < 1.29 is 0 Å². The summed E-state index contributed by atoms with van der Waals surface area (Å²) in [6.45, 7) is 2.09. The number of aromatic nitrogens is 4. The Morgan fingerprint density at radius 1 is 1.54 bits per heavy atom. The molecule has 4 nitrogen and oxygen atoms in total. The summed E-state index contributed by atoms with van der Waals surface area (Å²) in [5.74, 6) is 0.698. The van der Waals surface area contributed by atoms with Gasteiger partial charge in [-0.1, -0.05) is 19.1 Å². The summed E-state index contributed by atoms with van der Waals surface area (Å²) in [6.07, 6.45) is 0.968. The van der Waals surface area contributed by atoms with Crippen LogP contribution in [0.3, 0.4) is 0 Å². The number of aryl methyl sites for hydroxylation is 1. The third-order valence-corrected chi connectivity index (χ3v) is 1.86. The van der Waals surface area contributed by atoms with Crippen molar-refractivity contribution in [3.05, 3.63) is 29.8 Å². The molecule has 2 rings (SSSR count). The number of rotatable bonds is 2. The first-order valence-electron chi connectivity index (χ1n) is 4.15. The standard InChI is InChI=1S/C9H9N4/c1-2-7-4-3-5-8(6-7)9-10-12-13-11-9/h3,5-6H,2H2,1H3,(H,10,11,12,13). The van der Waals surface area contributed by atoms with E-state index in [0.29, 0.717) is 5.82 Å². The fraction of sp³-hybridized carbons (Fsp3) is 0.222. The van der Waals surface area contributed by atoms with E-state index in [1.54, 1.807) is 0 Å². The van der Waals surface area contributed by atoms with Crippen LogP contribution in [0.1, 0.15) is 12.5 Å². The molecule has 0 bridgehead atoms. The monoisotopic (exact) mass is 173 g/mol. The molecule has 1 heterocycles. The van der Waals surface area contributed by atoms with Gasteiger partial charge in [0.25, 0.3) is 0 Å². The summed E-state index contributed by atoms with van der Waals surface area (Å²) in [7, 11) is 0. The van der Waals surface area contributed by atoms with E-state index in [4.69, 9.17) is 0 Å². The van der Waals surface area contributed by atoms with Crippen molar-refractivity contribution in [2.24, 2.45) is 0 Å². The lowest BCUT2D eigenvalue weighted by molar-refractivity contribution is 0.881. The molecule has 13 heavy (non-hydrogen) atoms.